The molecular formula is C21H27N3O4. The number of fused-ring (bicyclic) bond motifs is 1. The Bertz CT molecular complexity index is 807. The summed E-state index contributed by atoms with van der Waals surface area (Å²) < 4.78 is 6.32. The van der Waals surface area contributed by atoms with E-state index in [1.807, 2.05) is 25.1 Å². The summed E-state index contributed by atoms with van der Waals surface area (Å²) in [6, 6.07) is 4.96. The Hall–Kier alpha value is -2.83. The van der Waals surface area contributed by atoms with Crippen LogP contribution in [0.3, 0.4) is 0 Å². The van der Waals surface area contributed by atoms with Crippen LogP contribution < -0.4 is 15.4 Å². The summed E-state index contributed by atoms with van der Waals surface area (Å²) in [6.45, 7) is 8.31. The largest absolute Gasteiger partial charge is 0.485 e. The SMILES string of the molecule is C=CCNC(=O)C(C)N1CCC2(CCC1=O)CNC(=O)c1cc(C)ccc1O2. The maximum Gasteiger partial charge on any atom is 0.255 e. The highest BCUT2D eigenvalue weighted by molar-refractivity contribution is 5.97. The molecule has 3 amide bonds. The molecule has 0 radical (unpaired) electrons. The Morgan fingerprint density at radius 1 is 1.43 bits per heavy atom. The molecule has 1 fully saturated rings. The smallest absolute Gasteiger partial charge is 0.255 e. The molecule has 2 atom stereocenters. The van der Waals surface area contributed by atoms with Crippen molar-refractivity contribution in [2.45, 2.75) is 44.8 Å². The number of likely N-dealkylation sites (tertiary alicyclic amines) is 1. The van der Waals surface area contributed by atoms with E-state index in [9.17, 15) is 14.4 Å². The van der Waals surface area contributed by atoms with Gasteiger partial charge >= 0.3 is 0 Å². The zero-order valence-corrected chi connectivity index (χ0v) is 16.4. The maximum atomic E-state index is 12.7. The van der Waals surface area contributed by atoms with E-state index in [4.69, 9.17) is 4.74 Å². The molecule has 1 aromatic carbocycles. The first kappa shape index (κ1) is 19.9. The molecule has 1 spiro atoms. The number of hydrogen-bond acceptors (Lipinski definition) is 4. The number of hydrogen-bond donors (Lipinski definition) is 2. The van der Waals surface area contributed by atoms with Gasteiger partial charge in [-0.15, -0.1) is 6.58 Å². The van der Waals surface area contributed by atoms with E-state index in [0.29, 0.717) is 43.8 Å². The fraction of sp³-hybridized carbons (Fsp3) is 0.476. The van der Waals surface area contributed by atoms with Gasteiger partial charge in [-0.05, 0) is 32.4 Å². The van der Waals surface area contributed by atoms with Crippen LogP contribution in [0.15, 0.2) is 30.9 Å². The lowest BCUT2D eigenvalue weighted by atomic mass is 9.94. The van der Waals surface area contributed by atoms with Crippen molar-refractivity contribution in [1.82, 2.24) is 15.5 Å². The van der Waals surface area contributed by atoms with Crippen LogP contribution in [0.1, 0.15) is 42.1 Å². The molecule has 7 nitrogen and oxygen atoms in total. The third-order valence-electron chi connectivity index (χ3n) is 5.47. The molecule has 2 N–H and O–H groups in total. The first-order valence-electron chi connectivity index (χ1n) is 9.61. The zero-order chi connectivity index (χ0) is 20.3. The van der Waals surface area contributed by atoms with Gasteiger partial charge in [0.15, 0.2) is 0 Å². The lowest BCUT2D eigenvalue weighted by Gasteiger charge is -2.32. The monoisotopic (exact) mass is 385 g/mol. The lowest BCUT2D eigenvalue weighted by Crippen LogP contribution is -2.49. The van der Waals surface area contributed by atoms with Crippen molar-refractivity contribution < 1.29 is 19.1 Å². The number of carbonyl (C=O) groups excluding carboxylic acids is 3. The van der Waals surface area contributed by atoms with Crippen molar-refractivity contribution in [3.8, 4) is 5.75 Å². The summed E-state index contributed by atoms with van der Waals surface area (Å²) in [7, 11) is 0. The Labute approximate surface area is 165 Å². The quantitative estimate of drug-likeness (QED) is 0.770. The summed E-state index contributed by atoms with van der Waals surface area (Å²) in [5.41, 5.74) is 0.828. The molecule has 1 aromatic rings. The van der Waals surface area contributed by atoms with Crippen LogP contribution in [0.2, 0.25) is 0 Å². The molecule has 2 unspecified atom stereocenters. The van der Waals surface area contributed by atoms with Crippen LogP contribution in [0.5, 0.6) is 5.75 Å². The second-order valence-electron chi connectivity index (χ2n) is 7.51. The second-order valence-corrected chi connectivity index (χ2v) is 7.51. The second kappa shape index (κ2) is 8.04. The van der Waals surface area contributed by atoms with Crippen LogP contribution in [0.4, 0.5) is 0 Å². The Morgan fingerprint density at radius 2 is 2.21 bits per heavy atom. The predicted octanol–water partition coefficient (Wildman–Crippen LogP) is 1.56. The predicted molar refractivity (Wildman–Crippen MR) is 105 cm³/mol. The third kappa shape index (κ3) is 4.03. The highest BCUT2D eigenvalue weighted by Crippen LogP contribution is 2.34. The van der Waals surface area contributed by atoms with E-state index in [2.05, 4.69) is 17.2 Å². The summed E-state index contributed by atoms with van der Waals surface area (Å²) in [4.78, 5) is 39.0. The van der Waals surface area contributed by atoms with Gasteiger partial charge in [0.1, 0.15) is 17.4 Å². The number of rotatable bonds is 4. The normalized spacial score (nSPS) is 23.0. The minimum atomic E-state index is -0.669. The Morgan fingerprint density at radius 3 is 2.96 bits per heavy atom. The van der Waals surface area contributed by atoms with Gasteiger partial charge < -0.3 is 20.3 Å². The molecule has 0 aliphatic carbocycles. The molecule has 0 bridgehead atoms. The molecule has 0 saturated carbocycles. The minimum Gasteiger partial charge on any atom is -0.485 e. The highest BCUT2D eigenvalue weighted by atomic mass is 16.5. The van der Waals surface area contributed by atoms with Crippen molar-refractivity contribution >= 4 is 17.7 Å². The molecule has 1 saturated heterocycles. The van der Waals surface area contributed by atoms with Crippen LogP contribution in [0, 0.1) is 6.92 Å². The van der Waals surface area contributed by atoms with Crippen LogP contribution in [-0.4, -0.2) is 53.9 Å². The molecular weight excluding hydrogens is 358 g/mol. The van der Waals surface area contributed by atoms with Crippen molar-refractivity contribution in [1.29, 1.82) is 0 Å². The number of ether oxygens (including phenoxy) is 1. The maximum absolute atomic E-state index is 12.7. The molecule has 0 aromatic heterocycles. The van der Waals surface area contributed by atoms with E-state index in [0.717, 1.165) is 5.56 Å². The standard InChI is InChI=1S/C21H27N3O4/c1-4-10-22-19(26)15(3)24-11-9-21(8-7-18(24)25)13-23-20(27)16-12-14(2)5-6-17(16)28-21/h4-6,12,15H,1,7-11,13H2,2-3H3,(H,22,26)(H,23,27). The minimum absolute atomic E-state index is 0.0820. The van der Waals surface area contributed by atoms with Crippen molar-refractivity contribution in [2.24, 2.45) is 0 Å². The average molecular weight is 385 g/mol. The van der Waals surface area contributed by atoms with E-state index >= 15 is 0 Å². The van der Waals surface area contributed by atoms with Crippen molar-refractivity contribution in [2.75, 3.05) is 19.6 Å². The van der Waals surface area contributed by atoms with Crippen molar-refractivity contribution in [3.05, 3.63) is 42.0 Å². The molecule has 2 aliphatic rings. The summed E-state index contributed by atoms with van der Waals surface area (Å²) in [5, 5.41) is 5.68. The number of nitrogens with one attached hydrogen (secondary N) is 2. The number of aryl methyl sites for hydroxylation is 1. The van der Waals surface area contributed by atoms with Gasteiger partial charge in [0.05, 0.1) is 12.1 Å². The summed E-state index contributed by atoms with van der Waals surface area (Å²) in [5.74, 6) is 0.0833. The van der Waals surface area contributed by atoms with E-state index < -0.39 is 11.6 Å². The number of benzene rings is 1. The van der Waals surface area contributed by atoms with Gasteiger partial charge in [-0.25, -0.2) is 0 Å². The topological polar surface area (TPSA) is 87.7 Å². The molecule has 7 heteroatoms. The van der Waals surface area contributed by atoms with E-state index in [-0.39, 0.29) is 24.1 Å². The van der Waals surface area contributed by atoms with Crippen LogP contribution >= 0.6 is 0 Å². The molecule has 150 valence electrons. The molecule has 2 heterocycles. The van der Waals surface area contributed by atoms with Gasteiger partial charge in [0, 0.05) is 25.9 Å². The first-order chi connectivity index (χ1) is 13.3. The molecule has 28 heavy (non-hydrogen) atoms. The van der Waals surface area contributed by atoms with Gasteiger partial charge in [0.2, 0.25) is 11.8 Å². The summed E-state index contributed by atoms with van der Waals surface area (Å²) in [6.07, 6.45) is 2.88. The fourth-order valence-electron chi connectivity index (χ4n) is 3.72. The number of nitrogens with zero attached hydrogens (tertiary/aromatic N) is 1. The number of carbonyl (C=O) groups is 3. The number of amides is 3. The lowest BCUT2D eigenvalue weighted by molar-refractivity contribution is -0.139. The van der Waals surface area contributed by atoms with E-state index in [1.54, 1.807) is 17.9 Å². The van der Waals surface area contributed by atoms with Gasteiger partial charge in [-0.1, -0.05) is 17.7 Å². The van der Waals surface area contributed by atoms with Gasteiger partial charge in [0.25, 0.3) is 5.91 Å². The van der Waals surface area contributed by atoms with Gasteiger partial charge in [-0.2, -0.15) is 0 Å². The van der Waals surface area contributed by atoms with Crippen LogP contribution in [0.25, 0.3) is 0 Å². The Kier molecular flexibility index (Phi) is 5.72. The van der Waals surface area contributed by atoms with E-state index in [1.165, 1.54) is 0 Å². The Balaban J connectivity index is 1.79. The van der Waals surface area contributed by atoms with Crippen molar-refractivity contribution in [3.63, 3.8) is 0 Å². The zero-order valence-electron chi connectivity index (χ0n) is 16.4. The molecule has 3 rings (SSSR count). The van der Waals surface area contributed by atoms with Crippen LogP contribution in [-0.2, 0) is 9.59 Å². The molecule has 2 aliphatic heterocycles. The summed E-state index contributed by atoms with van der Waals surface area (Å²) >= 11 is 0. The fourth-order valence-corrected chi connectivity index (χ4v) is 3.72. The van der Waals surface area contributed by atoms with Gasteiger partial charge in [-0.3, -0.25) is 14.4 Å². The third-order valence-corrected chi connectivity index (χ3v) is 5.47. The highest BCUT2D eigenvalue weighted by Gasteiger charge is 2.41. The first-order valence-corrected chi connectivity index (χ1v) is 9.61. The average Bonchev–Trinajstić information content (AvgIpc) is 2.92.